The predicted octanol–water partition coefficient (Wildman–Crippen LogP) is 3.26. The Hall–Kier alpha value is -1.48. The van der Waals surface area contributed by atoms with Crippen molar-refractivity contribution in [2.75, 3.05) is 19.6 Å². The Morgan fingerprint density at radius 1 is 1.20 bits per heavy atom. The molecule has 0 N–H and O–H groups in total. The van der Waals surface area contributed by atoms with Crippen LogP contribution < -0.4 is 0 Å². The van der Waals surface area contributed by atoms with Crippen molar-refractivity contribution >= 4 is 12.4 Å². The van der Waals surface area contributed by atoms with Crippen molar-refractivity contribution in [3.05, 3.63) is 35.4 Å². The minimum atomic E-state index is 0. The number of benzene rings is 1. The second kappa shape index (κ2) is 8.64. The van der Waals surface area contributed by atoms with Gasteiger partial charge >= 0.3 is 0 Å². The van der Waals surface area contributed by atoms with Gasteiger partial charge in [-0.25, -0.2) is 0 Å². The Morgan fingerprint density at radius 2 is 1.85 bits per heavy atom. The summed E-state index contributed by atoms with van der Waals surface area (Å²) in [5, 5.41) is 8.76. The van der Waals surface area contributed by atoms with Gasteiger partial charge in [-0.15, -0.1) is 18.8 Å². The van der Waals surface area contributed by atoms with Crippen LogP contribution in [0.25, 0.3) is 0 Å². The van der Waals surface area contributed by atoms with Crippen molar-refractivity contribution in [2.45, 2.75) is 25.7 Å². The summed E-state index contributed by atoms with van der Waals surface area (Å²) in [6.45, 7) is 3.08. The summed E-state index contributed by atoms with van der Waals surface area (Å²) >= 11 is 0. The van der Waals surface area contributed by atoms with Crippen LogP contribution in [0.1, 0.15) is 30.4 Å². The number of hydrogen-bond acceptors (Lipinski definition) is 2. The number of hydrogen-bond donors (Lipinski definition) is 0. The number of piperidine rings is 1. The number of likely N-dealkylation sites (tertiary alicyclic amines) is 1. The number of rotatable bonds is 4. The highest BCUT2D eigenvalue weighted by atomic mass is 35.5. The van der Waals surface area contributed by atoms with Gasteiger partial charge in [0.05, 0.1) is 18.2 Å². The minimum Gasteiger partial charge on any atom is -0.292 e. The highest BCUT2D eigenvalue weighted by Crippen LogP contribution is 2.22. The van der Waals surface area contributed by atoms with Crippen molar-refractivity contribution in [1.29, 1.82) is 5.26 Å². The highest BCUT2D eigenvalue weighted by molar-refractivity contribution is 5.85. The monoisotopic (exact) mass is 288 g/mol. The largest absolute Gasteiger partial charge is 0.292 e. The van der Waals surface area contributed by atoms with Crippen LogP contribution in [-0.4, -0.2) is 24.5 Å². The molecule has 1 aromatic rings. The van der Waals surface area contributed by atoms with Gasteiger partial charge in [0.15, 0.2) is 0 Å². The lowest BCUT2D eigenvalue weighted by atomic mass is 9.90. The molecule has 0 bridgehead atoms. The smallest absolute Gasteiger partial charge is 0.0991 e. The van der Waals surface area contributed by atoms with Crippen LogP contribution in [0.15, 0.2) is 24.3 Å². The number of terminal acetylenes is 1. The molecule has 2 nitrogen and oxygen atoms in total. The third-order valence-corrected chi connectivity index (χ3v) is 3.95. The first-order valence-corrected chi connectivity index (χ1v) is 6.96. The van der Waals surface area contributed by atoms with Crippen molar-refractivity contribution in [3.63, 3.8) is 0 Å². The number of nitriles is 1. The molecule has 1 heterocycles. The molecule has 106 valence electrons. The fraction of sp³-hybridized carbons (Fsp3) is 0.471. The van der Waals surface area contributed by atoms with Gasteiger partial charge in [-0.3, -0.25) is 4.90 Å². The Kier molecular flexibility index (Phi) is 7.16. The summed E-state index contributed by atoms with van der Waals surface area (Å²) in [5.74, 6) is 3.54. The number of nitrogens with zero attached hydrogens (tertiary/aromatic N) is 2. The maximum absolute atomic E-state index is 8.76. The van der Waals surface area contributed by atoms with E-state index in [4.69, 9.17) is 11.7 Å². The average molecular weight is 289 g/mol. The van der Waals surface area contributed by atoms with E-state index in [0.29, 0.717) is 0 Å². The molecule has 1 fully saturated rings. The minimum absolute atomic E-state index is 0. The van der Waals surface area contributed by atoms with Crippen molar-refractivity contribution < 1.29 is 0 Å². The summed E-state index contributed by atoms with van der Waals surface area (Å²) in [4.78, 5) is 2.36. The lowest BCUT2D eigenvalue weighted by Crippen LogP contribution is -2.34. The highest BCUT2D eigenvalue weighted by Gasteiger charge is 2.18. The van der Waals surface area contributed by atoms with Crippen LogP contribution in [-0.2, 0) is 6.42 Å². The quantitative estimate of drug-likeness (QED) is 0.795. The van der Waals surface area contributed by atoms with E-state index in [-0.39, 0.29) is 12.4 Å². The molecule has 0 unspecified atom stereocenters. The molecule has 0 amide bonds. The fourth-order valence-electron chi connectivity index (χ4n) is 2.68. The van der Waals surface area contributed by atoms with Gasteiger partial charge in [0.25, 0.3) is 0 Å². The van der Waals surface area contributed by atoms with Gasteiger partial charge < -0.3 is 0 Å². The third-order valence-electron chi connectivity index (χ3n) is 3.95. The van der Waals surface area contributed by atoms with E-state index in [0.717, 1.165) is 37.5 Å². The average Bonchev–Trinajstić information content (AvgIpc) is 2.47. The topological polar surface area (TPSA) is 27.0 Å². The van der Waals surface area contributed by atoms with Crippen LogP contribution in [0, 0.1) is 29.6 Å². The van der Waals surface area contributed by atoms with Gasteiger partial charge in [-0.2, -0.15) is 5.26 Å². The van der Waals surface area contributed by atoms with Crippen molar-refractivity contribution in [1.82, 2.24) is 4.90 Å². The van der Waals surface area contributed by atoms with Crippen LogP contribution in [0.5, 0.6) is 0 Å². The molecule has 0 aromatic heterocycles. The lowest BCUT2D eigenvalue weighted by Gasteiger charge is -2.30. The van der Waals surface area contributed by atoms with E-state index in [2.05, 4.69) is 29.0 Å². The van der Waals surface area contributed by atoms with Crippen LogP contribution in [0.4, 0.5) is 0 Å². The molecular weight excluding hydrogens is 268 g/mol. The van der Waals surface area contributed by atoms with Crippen LogP contribution in [0.2, 0.25) is 0 Å². The van der Waals surface area contributed by atoms with E-state index >= 15 is 0 Å². The van der Waals surface area contributed by atoms with E-state index in [1.807, 2.05) is 12.1 Å². The number of aryl methyl sites for hydroxylation is 1. The Labute approximate surface area is 128 Å². The molecule has 1 saturated heterocycles. The summed E-state index contributed by atoms with van der Waals surface area (Å²) < 4.78 is 0. The second-order valence-corrected chi connectivity index (χ2v) is 5.27. The van der Waals surface area contributed by atoms with E-state index in [1.54, 1.807) is 0 Å². The first-order chi connectivity index (χ1) is 9.31. The van der Waals surface area contributed by atoms with Gasteiger partial charge in [0, 0.05) is 0 Å². The molecule has 0 atom stereocenters. The van der Waals surface area contributed by atoms with Crippen LogP contribution >= 0.6 is 12.4 Å². The van der Waals surface area contributed by atoms with Gasteiger partial charge in [0.1, 0.15) is 0 Å². The molecule has 0 radical (unpaired) electrons. The zero-order valence-corrected chi connectivity index (χ0v) is 12.5. The second-order valence-electron chi connectivity index (χ2n) is 5.27. The molecule has 20 heavy (non-hydrogen) atoms. The van der Waals surface area contributed by atoms with Gasteiger partial charge in [-0.05, 0) is 62.4 Å². The molecule has 2 rings (SSSR count). The molecule has 1 aliphatic rings. The molecule has 0 saturated carbocycles. The standard InChI is InChI=1S/C17H20N2.ClH/c1-2-11-19-12-9-16(10-13-19)4-3-15-5-7-17(14-18)8-6-15;/h1,5-8,16H,3-4,9-13H2;1H. The first-order valence-electron chi connectivity index (χ1n) is 6.96. The third kappa shape index (κ3) is 4.89. The number of halogens is 1. The Balaban J connectivity index is 0.00000200. The lowest BCUT2D eigenvalue weighted by molar-refractivity contribution is 0.197. The summed E-state index contributed by atoms with van der Waals surface area (Å²) in [7, 11) is 0. The Morgan fingerprint density at radius 3 is 2.40 bits per heavy atom. The zero-order valence-electron chi connectivity index (χ0n) is 11.7. The fourth-order valence-corrected chi connectivity index (χ4v) is 2.68. The Bertz CT molecular complexity index is 473. The van der Waals surface area contributed by atoms with Crippen LogP contribution in [0.3, 0.4) is 0 Å². The first kappa shape index (κ1) is 16.6. The molecule has 0 aliphatic carbocycles. The van der Waals surface area contributed by atoms with E-state index < -0.39 is 0 Å². The normalized spacial score (nSPS) is 15.9. The van der Waals surface area contributed by atoms with E-state index in [9.17, 15) is 0 Å². The van der Waals surface area contributed by atoms with Crippen molar-refractivity contribution in [3.8, 4) is 18.4 Å². The molecule has 1 aliphatic heterocycles. The summed E-state index contributed by atoms with van der Waals surface area (Å²) in [6, 6.07) is 10.1. The summed E-state index contributed by atoms with van der Waals surface area (Å²) in [5.41, 5.74) is 2.08. The maximum Gasteiger partial charge on any atom is 0.0991 e. The molecule has 0 spiro atoms. The van der Waals surface area contributed by atoms with Gasteiger partial charge in [0.2, 0.25) is 0 Å². The van der Waals surface area contributed by atoms with E-state index in [1.165, 1.54) is 24.8 Å². The molecule has 1 aromatic carbocycles. The summed E-state index contributed by atoms with van der Waals surface area (Å²) in [6.07, 6.45) is 10.2. The predicted molar refractivity (Wildman–Crippen MR) is 84.7 cm³/mol. The molecular formula is C17H21ClN2. The SMILES string of the molecule is C#CCN1CCC(CCc2ccc(C#N)cc2)CC1.Cl. The maximum atomic E-state index is 8.76. The zero-order chi connectivity index (χ0) is 13.5. The van der Waals surface area contributed by atoms with Crippen molar-refractivity contribution in [2.24, 2.45) is 5.92 Å². The molecule has 3 heteroatoms. The van der Waals surface area contributed by atoms with Gasteiger partial charge in [-0.1, -0.05) is 18.1 Å².